The first kappa shape index (κ1) is 18.7. The van der Waals surface area contributed by atoms with E-state index in [1.54, 1.807) is 16.9 Å². The Balaban J connectivity index is 0.00000242. The Bertz CT molecular complexity index is 615. The average Bonchev–Trinajstić information content (AvgIpc) is 2.84. The number of anilines is 1. The van der Waals surface area contributed by atoms with E-state index in [-0.39, 0.29) is 24.4 Å². The van der Waals surface area contributed by atoms with Gasteiger partial charge in [0, 0.05) is 23.0 Å². The maximum Gasteiger partial charge on any atom is 0.225 e. The molecule has 0 aliphatic rings. The van der Waals surface area contributed by atoms with Gasteiger partial charge in [0.15, 0.2) is 0 Å². The Labute approximate surface area is 144 Å². The number of hydrogen-bond acceptors (Lipinski definition) is 3. The molecule has 3 N–H and O–H groups in total. The molecule has 1 amide bonds. The van der Waals surface area contributed by atoms with E-state index < -0.39 is 0 Å². The second kappa shape index (κ2) is 8.92. The van der Waals surface area contributed by atoms with Gasteiger partial charge in [-0.15, -0.1) is 12.4 Å². The van der Waals surface area contributed by atoms with E-state index in [2.05, 4.69) is 26.3 Å². The van der Waals surface area contributed by atoms with Gasteiger partial charge in [-0.1, -0.05) is 28.1 Å². The largest absolute Gasteiger partial charge is 0.328 e. The first-order chi connectivity index (χ1) is 10.0. The third-order valence-electron chi connectivity index (χ3n) is 3.03. The van der Waals surface area contributed by atoms with Crippen molar-refractivity contribution in [2.24, 2.45) is 5.73 Å². The lowest BCUT2D eigenvalue weighted by atomic mass is 10.2. The molecule has 1 aromatic carbocycles. The van der Waals surface area contributed by atoms with E-state index in [0.717, 1.165) is 10.0 Å². The van der Waals surface area contributed by atoms with Crippen molar-refractivity contribution in [2.45, 2.75) is 32.4 Å². The molecule has 22 heavy (non-hydrogen) atoms. The van der Waals surface area contributed by atoms with Gasteiger partial charge in [0.05, 0.1) is 12.7 Å². The molecule has 0 saturated heterocycles. The number of rotatable bonds is 6. The molecule has 1 heterocycles. The number of nitrogens with two attached hydrogens (primary N) is 1. The van der Waals surface area contributed by atoms with Crippen LogP contribution in [-0.4, -0.2) is 21.7 Å². The molecule has 1 aromatic heterocycles. The molecular formula is C15H20BrClN4O. The minimum atomic E-state index is -0.0386. The number of halogens is 2. The van der Waals surface area contributed by atoms with E-state index >= 15 is 0 Å². The molecule has 5 nitrogen and oxygen atoms in total. The smallest absolute Gasteiger partial charge is 0.225 e. The number of hydrogen-bond donors (Lipinski definition) is 2. The van der Waals surface area contributed by atoms with Crippen LogP contribution in [0.1, 0.15) is 25.3 Å². The highest BCUT2D eigenvalue weighted by molar-refractivity contribution is 9.10. The minimum Gasteiger partial charge on any atom is -0.328 e. The fourth-order valence-corrected chi connectivity index (χ4v) is 2.38. The molecular weight excluding hydrogens is 368 g/mol. The van der Waals surface area contributed by atoms with E-state index in [9.17, 15) is 4.79 Å². The van der Waals surface area contributed by atoms with E-state index in [1.807, 2.05) is 31.2 Å². The first-order valence-electron chi connectivity index (χ1n) is 6.86. The average molecular weight is 388 g/mol. The number of aromatic nitrogens is 2. The molecule has 2 aromatic rings. The van der Waals surface area contributed by atoms with Crippen LogP contribution in [0, 0.1) is 0 Å². The van der Waals surface area contributed by atoms with Gasteiger partial charge in [-0.25, -0.2) is 4.68 Å². The number of carbonyl (C=O) groups excluding carboxylic acids is 1. The quantitative estimate of drug-likeness (QED) is 0.799. The maximum absolute atomic E-state index is 11.9. The lowest BCUT2D eigenvalue weighted by Crippen LogP contribution is -2.20. The number of carbonyl (C=O) groups is 1. The number of nitrogens with zero attached hydrogens (tertiary/aromatic N) is 2. The number of amides is 1. The van der Waals surface area contributed by atoms with Crippen molar-refractivity contribution in [2.75, 3.05) is 5.32 Å². The molecule has 0 saturated carbocycles. The topological polar surface area (TPSA) is 72.9 Å². The molecule has 0 aliphatic carbocycles. The van der Waals surface area contributed by atoms with Crippen LogP contribution in [0.25, 0.3) is 0 Å². The molecule has 2 rings (SSSR count). The van der Waals surface area contributed by atoms with Crippen molar-refractivity contribution in [3.63, 3.8) is 0 Å². The highest BCUT2D eigenvalue weighted by Gasteiger charge is 2.08. The van der Waals surface area contributed by atoms with Crippen molar-refractivity contribution in [1.29, 1.82) is 0 Å². The van der Waals surface area contributed by atoms with E-state index in [4.69, 9.17) is 5.73 Å². The molecule has 0 spiro atoms. The van der Waals surface area contributed by atoms with E-state index in [1.165, 1.54) is 0 Å². The highest BCUT2D eigenvalue weighted by atomic mass is 79.9. The summed E-state index contributed by atoms with van der Waals surface area (Å²) >= 11 is 3.45. The predicted molar refractivity (Wildman–Crippen MR) is 94.2 cm³/mol. The van der Waals surface area contributed by atoms with Gasteiger partial charge in [0.2, 0.25) is 5.91 Å². The monoisotopic (exact) mass is 386 g/mol. The van der Waals surface area contributed by atoms with Crippen LogP contribution in [0.2, 0.25) is 0 Å². The summed E-state index contributed by atoms with van der Waals surface area (Å²) in [6, 6.07) is 9.83. The minimum absolute atomic E-state index is 0. The normalized spacial score (nSPS) is 11.6. The van der Waals surface area contributed by atoms with Crippen LogP contribution >= 0.6 is 28.3 Å². The standard InChI is InChI=1S/C15H19BrN4O.ClH/c1-11(17)5-6-15(21)19-14-7-8-18-20(14)10-12-3-2-4-13(16)9-12;/h2-4,7-9,11H,5-6,10,17H2,1H3,(H,19,21);1H. The Morgan fingerprint density at radius 1 is 1.45 bits per heavy atom. The van der Waals surface area contributed by atoms with Crippen molar-refractivity contribution in [3.8, 4) is 0 Å². The van der Waals surface area contributed by atoms with Gasteiger partial charge in [0.25, 0.3) is 0 Å². The Hall–Kier alpha value is -1.37. The molecule has 1 atom stereocenters. The number of nitrogens with one attached hydrogen (secondary N) is 1. The summed E-state index contributed by atoms with van der Waals surface area (Å²) in [4.78, 5) is 11.9. The third-order valence-corrected chi connectivity index (χ3v) is 3.53. The van der Waals surface area contributed by atoms with Crippen LogP contribution in [-0.2, 0) is 11.3 Å². The summed E-state index contributed by atoms with van der Waals surface area (Å²) in [5.74, 6) is 0.660. The van der Waals surface area contributed by atoms with Gasteiger partial charge < -0.3 is 11.1 Å². The van der Waals surface area contributed by atoms with Crippen LogP contribution in [0.5, 0.6) is 0 Å². The Kier molecular flexibility index (Phi) is 7.58. The van der Waals surface area contributed by atoms with Gasteiger partial charge >= 0.3 is 0 Å². The molecule has 0 radical (unpaired) electrons. The molecule has 0 fully saturated rings. The first-order valence-corrected chi connectivity index (χ1v) is 7.65. The summed E-state index contributed by atoms with van der Waals surface area (Å²) < 4.78 is 2.79. The maximum atomic E-state index is 11.9. The lowest BCUT2D eigenvalue weighted by molar-refractivity contribution is -0.116. The molecule has 1 unspecified atom stereocenters. The van der Waals surface area contributed by atoms with Crippen molar-refractivity contribution >= 4 is 40.1 Å². The summed E-state index contributed by atoms with van der Waals surface area (Å²) in [6.07, 6.45) is 2.77. The summed E-state index contributed by atoms with van der Waals surface area (Å²) in [6.45, 7) is 2.50. The zero-order valence-corrected chi connectivity index (χ0v) is 14.7. The predicted octanol–water partition coefficient (Wildman–Crippen LogP) is 3.18. The SMILES string of the molecule is CC(N)CCC(=O)Nc1ccnn1Cc1cccc(Br)c1.Cl. The molecule has 0 aliphatic heterocycles. The van der Waals surface area contributed by atoms with Crippen molar-refractivity contribution < 1.29 is 4.79 Å². The van der Waals surface area contributed by atoms with Gasteiger partial charge in [0.1, 0.15) is 5.82 Å². The fraction of sp³-hybridized carbons (Fsp3) is 0.333. The second-order valence-corrected chi connectivity index (χ2v) is 5.98. The summed E-state index contributed by atoms with van der Waals surface area (Å²) in [5, 5.41) is 7.13. The van der Waals surface area contributed by atoms with Crippen LogP contribution in [0.3, 0.4) is 0 Å². The van der Waals surface area contributed by atoms with Crippen LogP contribution in [0.15, 0.2) is 41.0 Å². The van der Waals surface area contributed by atoms with Gasteiger partial charge in [-0.3, -0.25) is 4.79 Å². The summed E-state index contributed by atoms with van der Waals surface area (Å²) in [5.41, 5.74) is 6.77. The highest BCUT2D eigenvalue weighted by Crippen LogP contribution is 2.15. The number of benzene rings is 1. The Morgan fingerprint density at radius 3 is 2.91 bits per heavy atom. The van der Waals surface area contributed by atoms with Crippen molar-refractivity contribution in [1.82, 2.24) is 9.78 Å². The van der Waals surface area contributed by atoms with Crippen LogP contribution < -0.4 is 11.1 Å². The summed E-state index contributed by atoms with van der Waals surface area (Å²) in [7, 11) is 0. The second-order valence-electron chi connectivity index (χ2n) is 5.07. The van der Waals surface area contributed by atoms with E-state index in [0.29, 0.717) is 25.2 Å². The molecule has 0 bridgehead atoms. The third kappa shape index (κ3) is 5.79. The van der Waals surface area contributed by atoms with Crippen molar-refractivity contribution in [3.05, 3.63) is 46.6 Å². The van der Waals surface area contributed by atoms with Gasteiger partial charge in [-0.05, 0) is 31.0 Å². The van der Waals surface area contributed by atoms with Crippen LogP contribution in [0.4, 0.5) is 5.82 Å². The molecule has 7 heteroatoms. The lowest BCUT2D eigenvalue weighted by Gasteiger charge is -2.10. The zero-order chi connectivity index (χ0) is 15.2. The molecule has 120 valence electrons. The zero-order valence-electron chi connectivity index (χ0n) is 12.3. The van der Waals surface area contributed by atoms with Gasteiger partial charge in [-0.2, -0.15) is 5.10 Å². The Morgan fingerprint density at radius 2 is 2.23 bits per heavy atom. The fourth-order valence-electron chi connectivity index (χ4n) is 1.94.